The van der Waals surface area contributed by atoms with Crippen LogP contribution in [0.1, 0.15) is 91.9 Å². The van der Waals surface area contributed by atoms with Crippen LogP contribution in [-0.2, 0) is 19.4 Å². The molecule has 270 valence electrons. The third-order valence-corrected chi connectivity index (χ3v) is 12.5. The maximum absolute atomic E-state index is 5.45. The standard InChI is InChI=1S/C46H56N5P/c1-9-35-27(2)17-18-37-33(8)51-26-39-45-40(20-19-36-31(6)43(52)24-41(44(36)45)50-46(39)42(51)23-38(35)37)49-29(4)14-13-21-47-30(5)25-48-32(7)28(3)22-34-15-11-10-12-16-34/h10-12,15-16,23-24,28,35,40,47-49H,2,4-5,7-9,13-14,17-22,25-26,52H2,1,3,6H3. The predicted molar refractivity (Wildman–Crippen MR) is 224 cm³/mol. The molecule has 3 aromatic rings. The second-order valence-corrected chi connectivity index (χ2v) is 16.0. The lowest BCUT2D eigenvalue weighted by Gasteiger charge is -2.37. The van der Waals surface area contributed by atoms with Crippen molar-refractivity contribution in [2.45, 2.75) is 84.7 Å². The molecule has 52 heavy (non-hydrogen) atoms. The van der Waals surface area contributed by atoms with Gasteiger partial charge in [0.05, 0.1) is 36.0 Å². The Balaban J connectivity index is 1.03. The van der Waals surface area contributed by atoms with Gasteiger partial charge in [-0.15, -0.1) is 9.24 Å². The van der Waals surface area contributed by atoms with Gasteiger partial charge in [-0.25, -0.2) is 4.98 Å². The summed E-state index contributed by atoms with van der Waals surface area (Å²) in [6.45, 7) is 31.3. The van der Waals surface area contributed by atoms with Gasteiger partial charge in [0.1, 0.15) is 0 Å². The molecular weight excluding hydrogens is 654 g/mol. The van der Waals surface area contributed by atoms with Crippen molar-refractivity contribution in [3.8, 4) is 0 Å². The molecule has 2 aliphatic carbocycles. The Kier molecular flexibility index (Phi) is 10.4. The number of nitrogens with zero attached hydrogens (tertiary/aromatic N) is 2. The van der Waals surface area contributed by atoms with Crippen LogP contribution in [0.25, 0.3) is 16.6 Å². The van der Waals surface area contributed by atoms with Gasteiger partial charge in [-0.3, -0.25) is 0 Å². The van der Waals surface area contributed by atoms with Gasteiger partial charge in [0.2, 0.25) is 0 Å². The molecule has 4 aliphatic rings. The van der Waals surface area contributed by atoms with Crippen LogP contribution in [0.4, 0.5) is 0 Å². The Labute approximate surface area is 314 Å². The van der Waals surface area contributed by atoms with E-state index in [1.54, 1.807) is 0 Å². The van der Waals surface area contributed by atoms with Gasteiger partial charge < -0.3 is 20.9 Å². The normalized spacial score (nSPS) is 19.5. The minimum atomic E-state index is 0.186. The molecule has 2 aromatic carbocycles. The van der Waals surface area contributed by atoms with Crippen LogP contribution in [0, 0.1) is 18.8 Å². The SMILES string of the molecule is C=C(CNC(=C)C(C)Cc1ccccc1)NCCCC(=C)NC1CCc2c(C)c(P)cc3nc4c(c1c23)CN1C(=C)C2=C(C=C41)C(CC)C(=C)CC2. The van der Waals surface area contributed by atoms with E-state index in [1.165, 1.54) is 60.9 Å². The number of nitrogens with one attached hydrogen (secondary N) is 3. The molecule has 0 bridgehead atoms. The van der Waals surface area contributed by atoms with E-state index in [0.29, 0.717) is 18.4 Å². The molecule has 3 N–H and O–H groups in total. The van der Waals surface area contributed by atoms with Crippen LogP contribution < -0.4 is 21.3 Å². The highest BCUT2D eigenvalue weighted by atomic mass is 31.0. The predicted octanol–water partition coefficient (Wildman–Crippen LogP) is 9.36. The van der Waals surface area contributed by atoms with Crippen molar-refractivity contribution in [3.63, 3.8) is 0 Å². The van der Waals surface area contributed by atoms with Crippen LogP contribution in [0.5, 0.6) is 0 Å². The topological polar surface area (TPSA) is 52.2 Å². The molecule has 1 aromatic heterocycles. The van der Waals surface area contributed by atoms with Crippen LogP contribution in [0.15, 0.2) is 115 Å². The van der Waals surface area contributed by atoms with E-state index < -0.39 is 0 Å². The molecule has 0 saturated heterocycles. The molecule has 0 saturated carbocycles. The maximum atomic E-state index is 5.45. The molecule has 0 amide bonds. The van der Waals surface area contributed by atoms with Crippen LogP contribution in [-0.4, -0.2) is 23.0 Å². The fourth-order valence-corrected chi connectivity index (χ4v) is 9.22. The zero-order valence-electron chi connectivity index (χ0n) is 31.6. The Bertz CT molecular complexity index is 2050. The lowest BCUT2D eigenvalue weighted by molar-refractivity contribution is 0.480. The first-order valence-electron chi connectivity index (χ1n) is 19.2. The van der Waals surface area contributed by atoms with Crippen molar-refractivity contribution in [2.75, 3.05) is 13.1 Å². The van der Waals surface area contributed by atoms with Crippen molar-refractivity contribution in [1.82, 2.24) is 25.8 Å². The van der Waals surface area contributed by atoms with E-state index in [-0.39, 0.29) is 6.04 Å². The van der Waals surface area contributed by atoms with E-state index >= 15 is 0 Å². The van der Waals surface area contributed by atoms with Gasteiger partial charge in [0.25, 0.3) is 0 Å². The van der Waals surface area contributed by atoms with Gasteiger partial charge in [0, 0.05) is 46.2 Å². The first-order chi connectivity index (χ1) is 25.0. The fourth-order valence-electron chi connectivity index (χ4n) is 8.89. The average Bonchev–Trinajstić information content (AvgIpc) is 3.50. The number of pyridine rings is 1. The van der Waals surface area contributed by atoms with Crippen molar-refractivity contribution >= 4 is 31.1 Å². The van der Waals surface area contributed by atoms with Crippen LogP contribution >= 0.6 is 9.24 Å². The number of fused-ring (bicyclic) bond motifs is 4. The second-order valence-electron chi connectivity index (χ2n) is 15.4. The van der Waals surface area contributed by atoms with Gasteiger partial charge in [-0.05, 0) is 115 Å². The number of aryl methyl sites for hydroxylation is 1. The number of rotatable bonds is 14. The molecule has 0 spiro atoms. The van der Waals surface area contributed by atoms with Gasteiger partial charge in [-0.2, -0.15) is 0 Å². The lowest BCUT2D eigenvalue weighted by atomic mass is 9.75. The van der Waals surface area contributed by atoms with Crippen molar-refractivity contribution in [2.24, 2.45) is 11.8 Å². The third-order valence-electron chi connectivity index (χ3n) is 11.9. The van der Waals surface area contributed by atoms with Crippen LogP contribution in [0.3, 0.4) is 0 Å². The average molecular weight is 710 g/mol. The monoisotopic (exact) mass is 709 g/mol. The highest BCUT2D eigenvalue weighted by Gasteiger charge is 2.40. The highest BCUT2D eigenvalue weighted by molar-refractivity contribution is 7.27. The molecule has 4 atom stereocenters. The largest absolute Gasteiger partial charge is 0.387 e. The summed E-state index contributed by atoms with van der Waals surface area (Å²) >= 11 is 0. The quantitative estimate of drug-likeness (QED) is 0.0885. The summed E-state index contributed by atoms with van der Waals surface area (Å²) in [7, 11) is 2.96. The summed E-state index contributed by atoms with van der Waals surface area (Å²) in [5, 5.41) is 13.5. The molecule has 0 fully saturated rings. The number of allylic oxidation sites excluding steroid dienone is 6. The molecule has 6 heteroatoms. The molecule has 2 aliphatic heterocycles. The van der Waals surface area contributed by atoms with E-state index in [9.17, 15) is 0 Å². The van der Waals surface area contributed by atoms with Gasteiger partial charge >= 0.3 is 0 Å². The fraction of sp³-hybridized carbons (Fsp3) is 0.370. The summed E-state index contributed by atoms with van der Waals surface area (Å²) in [4.78, 5) is 7.88. The third kappa shape index (κ3) is 6.81. The summed E-state index contributed by atoms with van der Waals surface area (Å²) < 4.78 is 0. The molecule has 5 nitrogen and oxygen atoms in total. The van der Waals surface area contributed by atoms with E-state index in [4.69, 9.17) is 4.98 Å². The summed E-state index contributed by atoms with van der Waals surface area (Å²) in [6.07, 6.45) is 10.5. The number of aromatic nitrogens is 1. The Morgan fingerprint density at radius 1 is 1.04 bits per heavy atom. The number of benzene rings is 2. The van der Waals surface area contributed by atoms with Crippen molar-refractivity contribution in [3.05, 3.63) is 148 Å². The molecular formula is C46H56N5P. The Hall–Kier alpha value is -4.34. The maximum Gasteiger partial charge on any atom is 0.0928 e. The molecule has 4 unspecified atom stereocenters. The van der Waals surface area contributed by atoms with E-state index in [0.717, 1.165) is 98.5 Å². The van der Waals surface area contributed by atoms with Crippen LogP contribution in [0.2, 0.25) is 0 Å². The van der Waals surface area contributed by atoms with E-state index in [2.05, 4.69) is 126 Å². The Morgan fingerprint density at radius 3 is 2.60 bits per heavy atom. The lowest BCUT2D eigenvalue weighted by Crippen LogP contribution is -2.28. The zero-order chi connectivity index (χ0) is 36.7. The second kappa shape index (κ2) is 15.0. The minimum absolute atomic E-state index is 0.186. The zero-order valence-corrected chi connectivity index (χ0v) is 32.7. The van der Waals surface area contributed by atoms with Crippen molar-refractivity contribution in [1.29, 1.82) is 0 Å². The Morgan fingerprint density at radius 2 is 1.83 bits per heavy atom. The van der Waals surface area contributed by atoms with Gasteiger partial charge in [-0.1, -0.05) is 82.6 Å². The summed E-state index contributed by atoms with van der Waals surface area (Å²) in [5.74, 6) is 0.735. The smallest absolute Gasteiger partial charge is 0.0928 e. The van der Waals surface area contributed by atoms with Gasteiger partial charge in [0.15, 0.2) is 0 Å². The summed E-state index contributed by atoms with van der Waals surface area (Å²) in [5.41, 5.74) is 18.7. The number of hydrogen-bond donors (Lipinski definition) is 3. The molecule has 7 rings (SSSR count). The molecule has 0 radical (unpaired) electrons. The summed E-state index contributed by atoms with van der Waals surface area (Å²) in [6, 6.07) is 13.0. The minimum Gasteiger partial charge on any atom is -0.387 e. The van der Waals surface area contributed by atoms with Crippen molar-refractivity contribution < 1.29 is 0 Å². The van der Waals surface area contributed by atoms with E-state index in [1.807, 2.05) is 0 Å². The molecule has 3 heterocycles. The first kappa shape index (κ1) is 36.0. The number of hydrogen-bond acceptors (Lipinski definition) is 5. The highest BCUT2D eigenvalue weighted by Crippen LogP contribution is 2.51. The first-order valence-corrected chi connectivity index (χ1v) is 19.8.